The van der Waals surface area contributed by atoms with Crippen molar-refractivity contribution in [3.05, 3.63) is 12.2 Å². The first-order valence-electron chi connectivity index (χ1n) is 26.9. The van der Waals surface area contributed by atoms with Crippen LogP contribution in [0.1, 0.15) is 309 Å². The highest BCUT2D eigenvalue weighted by molar-refractivity contribution is 5.76. The van der Waals surface area contributed by atoms with E-state index in [0.29, 0.717) is 12.8 Å². The van der Waals surface area contributed by atoms with Gasteiger partial charge in [0.05, 0.1) is 18.8 Å². The normalized spacial score (nSPS) is 12.8. The molecule has 0 aliphatic rings. The number of allylic oxidation sites excluding steroid dienone is 2. The second-order valence-electron chi connectivity index (χ2n) is 18.7. The van der Waals surface area contributed by atoms with Gasteiger partial charge in [-0.15, -0.1) is 0 Å². The van der Waals surface area contributed by atoms with Crippen molar-refractivity contribution in [3.8, 4) is 0 Å². The molecule has 0 bridgehead atoms. The third-order valence-electron chi connectivity index (χ3n) is 12.8. The maximum Gasteiger partial charge on any atom is 0.220 e. The zero-order chi connectivity index (χ0) is 42.1. The van der Waals surface area contributed by atoms with Gasteiger partial charge in [0, 0.05) is 6.42 Å². The van der Waals surface area contributed by atoms with Crippen molar-refractivity contribution in [1.82, 2.24) is 5.32 Å². The lowest BCUT2D eigenvalue weighted by atomic mass is 10.0. The first-order chi connectivity index (χ1) is 28.7. The van der Waals surface area contributed by atoms with Crippen LogP contribution in [0.3, 0.4) is 0 Å². The molecule has 0 aliphatic carbocycles. The molecule has 0 fully saturated rings. The molecule has 0 aliphatic heterocycles. The molecule has 4 heteroatoms. The quantitative estimate of drug-likeness (QED) is 0.0423. The lowest BCUT2D eigenvalue weighted by molar-refractivity contribution is -0.123. The molecule has 0 saturated heterocycles. The van der Waals surface area contributed by atoms with Crippen molar-refractivity contribution >= 4 is 5.91 Å². The Morgan fingerprint density at radius 2 is 0.655 bits per heavy atom. The molecule has 0 spiro atoms. The van der Waals surface area contributed by atoms with Crippen LogP contribution in [-0.2, 0) is 4.79 Å². The summed E-state index contributed by atoms with van der Waals surface area (Å²) >= 11 is 0. The SMILES string of the molecule is CCCCCCCCCCCCCC/C=C\CCCCCCCCCCC(=O)NC(CO)C(O)CCCCCCCCCCCCCCCCCCCCCCCC. The van der Waals surface area contributed by atoms with E-state index in [2.05, 4.69) is 31.3 Å². The van der Waals surface area contributed by atoms with Gasteiger partial charge >= 0.3 is 0 Å². The topological polar surface area (TPSA) is 69.6 Å². The Morgan fingerprint density at radius 1 is 0.397 bits per heavy atom. The maximum absolute atomic E-state index is 12.5. The van der Waals surface area contributed by atoms with E-state index in [1.807, 2.05) is 0 Å². The van der Waals surface area contributed by atoms with Gasteiger partial charge in [-0.1, -0.05) is 276 Å². The molecule has 1 amide bonds. The Labute approximate surface area is 365 Å². The van der Waals surface area contributed by atoms with Gasteiger partial charge in [0.25, 0.3) is 0 Å². The van der Waals surface area contributed by atoms with Gasteiger partial charge in [0.2, 0.25) is 5.91 Å². The molecule has 0 saturated carbocycles. The monoisotopic (exact) mass is 818 g/mol. The first-order valence-corrected chi connectivity index (χ1v) is 26.9. The molecule has 2 atom stereocenters. The zero-order valence-electron chi connectivity index (χ0n) is 39.8. The van der Waals surface area contributed by atoms with Gasteiger partial charge in [-0.05, 0) is 38.5 Å². The number of unbranched alkanes of at least 4 members (excludes halogenated alkanes) is 41. The summed E-state index contributed by atoms with van der Waals surface area (Å²) in [7, 11) is 0. The van der Waals surface area contributed by atoms with Gasteiger partial charge in [-0.2, -0.15) is 0 Å². The predicted octanol–water partition coefficient (Wildman–Crippen LogP) is 17.4. The van der Waals surface area contributed by atoms with Crippen molar-refractivity contribution in [2.75, 3.05) is 6.61 Å². The van der Waals surface area contributed by atoms with Gasteiger partial charge < -0.3 is 15.5 Å². The second-order valence-corrected chi connectivity index (χ2v) is 18.7. The Kier molecular flexibility index (Phi) is 49.7. The van der Waals surface area contributed by atoms with Crippen LogP contribution in [0.25, 0.3) is 0 Å². The summed E-state index contributed by atoms with van der Waals surface area (Å²) in [6.45, 7) is 4.40. The van der Waals surface area contributed by atoms with Gasteiger partial charge in [-0.3, -0.25) is 4.79 Å². The van der Waals surface area contributed by atoms with Crippen LogP contribution in [0, 0.1) is 0 Å². The average Bonchev–Trinajstić information content (AvgIpc) is 3.23. The van der Waals surface area contributed by atoms with Crippen LogP contribution in [0.15, 0.2) is 12.2 Å². The fourth-order valence-electron chi connectivity index (χ4n) is 8.65. The minimum atomic E-state index is -0.659. The van der Waals surface area contributed by atoms with E-state index in [1.165, 1.54) is 257 Å². The third-order valence-corrected chi connectivity index (χ3v) is 12.8. The fraction of sp³-hybridized carbons (Fsp3) is 0.944. The molecule has 58 heavy (non-hydrogen) atoms. The summed E-state index contributed by atoms with van der Waals surface area (Å²) in [5.74, 6) is -0.0287. The highest BCUT2D eigenvalue weighted by Gasteiger charge is 2.20. The Hall–Kier alpha value is -0.870. The number of amides is 1. The summed E-state index contributed by atoms with van der Waals surface area (Å²) in [5, 5.41) is 23.3. The Morgan fingerprint density at radius 3 is 0.948 bits per heavy atom. The Balaban J connectivity index is 3.45. The number of carbonyl (C=O) groups excluding carboxylic acids is 1. The highest BCUT2D eigenvalue weighted by Crippen LogP contribution is 2.17. The maximum atomic E-state index is 12.5. The molecule has 0 rings (SSSR count). The largest absolute Gasteiger partial charge is 0.394 e. The van der Waals surface area contributed by atoms with Crippen LogP contribution < -0.4 is 5.32 Å². The van der Waals surface area contributed by atoms with Gasteiger partial charge in [-0.25, -0.2) is 0 Å². The van der Waals surface area contributed by atoms with Crippen molar-refractivity contribution in [2.45, 2.75) is 321 Å². The molecule has 3 N–H and O–H groups in total. The minimum Gasteiger partial charge on any atom is -0.394 e. The number of hydrogen-bond acceptors (Lipinski definition) is 3. The van der Waals surface area contributed by atoms with Crippen molar-refractivity contribution in [1.29, 1.82) is 0 Å². The molecule has 346 valence electrons. The number of hydrogen-bond donors (Lipinski definition) is 3. The van der Waals surface area contributed by atoms with Gasteiger partial charge in [0.1, 0.15) is 0 Å². The first kappa shape index (κ1) is 57.1. The Bertz CT molecular complexity index is 799. The van der Waals surface area contributed by atoms with Crippen molar-refractivity contribution in [2.24, 2.45) is 0 Å². The molecule has 0 heterocycles. The van der Waals surface area contributed by atoms with Crippen molar-refractivity contribution < 1.29 is 15.0 Å². The van der Waals surface area contributed by atoms with E-state index in [-0.39, 0.29) is 12.5 Å². The molecule has 0 aromatic heterocycles. The number of aliphatic hydroxyl groups is 2. The molecular weight excluding hydrogens is 711 g/mol. The summed E-state index contributed by atoms with van der Waals surface area (Å²) in [5.41, 5.74) is 0. The predicted molar refractivity (Wildman–Crippen MR) is 258 cm³/mol. The molecular formula is C54H107NO3. The standard InChI is InChI=1S/C54H107NO3/c1-3-5-7-9-11-13-15-17-19-21-23-25-27-28-30-32-34-36-38-40-42-44-46-48-50-54(58)55-52(51-56)53(57)49-47-45-43-41-39-37-35-33-31-29-26-24-22-20-18-16-14-12-10-8-6-4-2/h28,30,52-53,56-57H,3-27,29,31-51H2,1-2H3,(H,55,58)/b30-28-. The molecule has 2 unspecified atom stereocenters. The summed E-state index contributed by atoms with van der Waals surface area (Å²) in [6, 6.07) is -0.536. The number of carbonyl (C=O) groups is 1. The highest BCUT2D eigenvalue weighted by atomic mass is 16.3. The van der Waals surface area contributed by atoms with E-state index < -0.39 is 12.1 Å². The number of nitrogens with one attached hydrogen (secondary N) is 1. The van der Waals surface area contributed by atoms with Crippen LogP contribution in [-0.4, -0.2) is 34.9 Å². The van der Waals surface area contributed by atoms with Crippen LogP contribution in [0.4, 0.5) is 0 Å². The van der Waals surface area contributed by atoms with Gasteiger partial charge in [0.15, 0.2) is 0 Å². The smallest absolute Gasteiger partial charge is 0.220 e. The van der Waals surface area contributed by atoms with Crippen LogP contribution in [0.5, 0.6) is 0 Å². The second kappa shape index (κ2) is 50.5. The van der Waals surface area contributed by atoms with E-state index in [1.54, 1.807) is 0 Å². The third kappa shape index (κ3) is 46.2. The minimum absolute atomic E-state index is 0.0287. The average molecular weight is 818 g/mol. The summed E-state index contributed by atoms with van der Waals surface area (Å²) in [4.78, 5) is 12.5. The lowest BCUT2D eigenvalue weighted by Crippen LogP contribution is -2.45. The van der Waals surface area contributed by atoms with Crippen molar-refractivity contribution in [3.63, 3.8) is 0 Å². The zero-order valence-corrected chi connectivity index (χ0v) is 39.8. The van der Waals surface area contributed by atoms with E-state index in [9.17, 15) is 15.0 Å². The summed E-state index contributed by atoms with van der Waals surface area (Å²) in [6.07, 6.45) is 64.7. The lowest BCUT2D eigenvalue weighted by Gasteiger charge is -2.22. The fourth-order valence-corrected chi connectivity index (χ4v) is 8.65. The number of rotatable bonds is 50. The number of aliphatic hydroxyl groups excluding tert-OH is 2. The van der Waals surface area contributed by atoms with E-state index in [4.69, 9.17) is 0 Å². The van der Waals surface area contributed by atoms with Crippen LogP contribution in [0.2, 0.25) is 0 Å². The van der Waals surface area contributed by atoms with E-state index >= 15 is 0 Å². The molecule has 0 aromatic rings. The molecule has 4 nitrogen and oxygen atoms in total. The summed E-state index contributed by atoms with van der Waals surface area (Å²) < 4.78 is 0. The molecule has 0 aromatic carbocycles. The molecule has 0 radical (unpaired) electrons. The van der Waals surface area contributed by atoms with E-state index in [0.717, 1.165) is 25.7 Å². The van der Waals surface area contributed by atoms with Crippen LogP contribution >= 0.6 is 0 Å².